The Hall–Kier alpha value is -3.07. The van der Waals surface area contributed by atoms with Gasteiger partial charge in [-0.3, -0.25) is 4.79 Å². The lowest BCUT2D eigenvalue weighted by molar-refractivity contribution is -0.181. The second-order valence-corrected chi connectivity index (χ2v) is 8.71. The molecule has 0 atom stereocenters. The molecule has 2 aliphatic rings. The summed E-state index contributed by atoms with van der Waals surface area (Å²) in [7, 11) is 3.19. The van der Waals surface area contributed by atoms with Crippen LogP contribution in [0.4, 0.5) is 0 Å². The van der Waals surface area contributed by atoms with Crippen LogP contribution in [-0.2, 0) is 9.47 Å². The molecule has 0 saturated carbocycles. The average molecular weight is 484 g/mol. The highest BCUT2D eigenvalue weighted by molar-refractivity contribution is 6.30. The lowest BCUT2D eigenvalue weighted by atomic mass is 10.0. The van der Waals surface area contributed by atoms with Crippen molar-refractivity contribution in [2.24, 2.45) is 0 Å². The third kappa shape index (κ3) is 4.24. The Bertz CT molecular complexity index is 1200. The molecule has 3 heterocycles. The number of rotatable bonds is 5. The number of hydrogen-bond acceptors (Lipinski definition) is 6. The summed E-state index contributed by atoms with van der Waals surface area (Å²) in [5.74, 6) is 0.611. The topological polar surface area (TPSA) is 75.0 Å². The fourth-order valence-corrected chi connectivity index (χ4v) is 4.66. The first-order valence-corrected chi connectivity index (χ1v) is 11.6. The Morgan fingerprint density at radius 2 is 1.79 bits per heavy atom. The van der Waals surface area contributed by atoms with E-state index in [0.29, 0.717) is 72.7 Å². The molecule has 1 amide bonds. The predicted molar refractivity (Wildman–Crippen MR) is 127 cm³/mol. The van der Waals surface area contributed by atoms with Gasteiger partial charge in [0.25, 0.3) is 5.91 Å². The molecular formula is C25H26ClN3O5. The van der Waals surface area contributed by atoms with Crippen molar-refractivity contribution in [1.29, 1.82) is 0 Å². The highest BCUT2D eigenvalue weighted by Gasteiger charge is 2.41. The van der Waals surface area contributed by atoms with Crippen LogP contribution in [0.1, 0.15) is 23.3 Å². The standard InChI is InChI=1S/C25H26ClN3O5/c1-31-19-6-7-20(23(15-19)32-2)21-16-22(29(27-21)18-5-3-4-17(26)14-18)24(30)28-10-8-25(9-11-28)33-12-13-34-25/h3-7,14-16H,8-13H2,1-2H3. The maximum Gasteiger partial charge on any atom is 0.272 e. The van der Waals surface area contributed by atoms with E-state index in [-0.39, 0.29) is 5.91 Å². The van der Waals surface area contributed by atoms with Crippen molar-refractivity contribution < 1.29 is 23.7 Å². The first kappa shape index (κ1) is 22.7. The fourth-order valence-electron chi connectivity index (χ4n) is 4.48. The van der Waals surface area contributed by atoms with E-state index in [0.717, 1.165) is 5.56 Å². The van der Waals surface area contributed by atoms with Crippen molar-refractivity contribution in [2.45, 2.75) is 18.6 Å². The number of halogens is 1. The van der Waals surface area contributed by atoms with Gasteiger partial charge in [0.2, 0.25) is 0 Å². The zero-order valence-electron chi connectivity index (χ0n) is 19.1. The molecule has 34 heavy (non-hydrogen) atoms. The van der Waals surface area contributed by atoms with Gasteiger partial charge in [0.1, 0.15) is 17.2 Å². The normalized spacial score (nSPS) is 17.2. The third-order valence-electron chi connectivity index (χ3n) is 6.29. The maximum atomic E-state index is 13.7. The molecule has 0 aliphatic carbocycles. The Morgan fingerprint density at radius 3 is 2.47 bits per heavy atom. The van der Waals surface area contributed by atoms with Crippen molar-refractivity contribution in [3.63, 3.8) is 0 Å². The van der Waals surface area contributed by atoms with Gasteiger partial charge in [-0.2, -0.15) is 5.10 Å². The zero-order chi connectivity index (χ0) is 23.7. The van der Waals surface area contributed by atoms with Gasteiger partial charge < -0.3 is 23.8 Å². The van der Waals surface area contributed by atoms with Gasteiger partial charge in [-0.15, -0.1) is 0 Å². The van der Waals surface area contributed by atoms with Crippen LogP contribution < -0.4 is 9.47 Å². The quantitative estimate of drug-likeness (QED) is 0.541. The molecule has 0 radical (unpaired) electrons. The number of carbonyl (C=O) groups is 1. The fraction of sp³-hybridized carbons (Fsp3) is 0.360. The van der Waals surface area contributed by atoms with E-state index in [4.69, 9.17) is 35.6 Å². The van der Waals surface area contributed by atoms with Gasteiger partial charge in [-0.25, -0.2) is 4.68 Å². The second-order valence-electron chi connectivity index (χ2n) is 8.27. The molecule has 9 heteroatoms. The number of aromatic nitrogens is 2. The molecule has 2 aromatic carbocycles. The zero-order valence-corrected chi connectivity index (χ0v) is 19.9. The van der Waals surface area contributed by atoms with Crippen LogP contribution in [0.15, 0.2) is 48.5 Å². The molecule has 8 nitrogen and oxygen atoms in total. The van der Waals surface area contributed by atoms with Gasteiger partial charge in [-0.1, -0.05) is 17.7 Å². The molecule has 178 valence electrons. The van der Waals surface area contributed by atoms with E-state index in [1.807, 2.05) is 29.2 Å². The van der Waals surface area contributed by atoms with Gasteiger partial charge in [0, 0.05) is 42.6 Å². The number of carbonyl (C=O) groups excluding carboxylic acids is 1. The molecule has 1 spiro atoms. The molecule has 0 N–H and O–H groups in total. The lowest BCUT2D eigenvalue weighted by Gasteiger charge is -2.37. The summed E-state index contributed by atoms with van der Waals surface area (Å²) in [5, 5.41) is 5.34. The van der Waals surface area contributed by atoms with Gasteiger partial charge >= 0.3 is 0 Å². The number of ether oxygens (including phenoxy) is 4. The van der Waals surface area contributed by atoms with Crippen LogP contribution in [0, 0.1) is 0 Å². The van der Waals surface area contributed by atoms with Crippen LogP contribution in [0.3, 0.4) is 0 Å². The minimum absolute atomic E-state index is 0.112. The van der Waals surface area contributed by atoms with E-state index in [9.17, 15) is 4.79 Å². The average Bonchev–Trinajstić information content (AvgIpc) is 3.51. The molecule has 2 aliphatic heterocycles. The van der Waals surface area contributed by atoms with Crippen molar-refractivity contribution in [3.8, 4) is 28.4 Å². The lowest BCUT2D eigenvalue weighted by Crippen LogP contribution is -2.47. The smallest absolute Gasteiger partial charge is 0.272 e. The monoisotopic (exact) mass is 483 g/mol. The van der Waals surface area contributed by atoms with Crippen molar-refractivity contribution in [3.05, 3.63) is 59.2 Å². The van der Waals surface area contributed by atoms with E-state index in [1.165, 1.54) is 0 Å². The van der Waals surface area contributed by atoms with Crippen LogP contribution in [-0.4, -0.2) is 66.9 Å². The molecular weight excluding hydrogens is 458 g/mol. The Morgan fingerprint density at radius 1 is 1.03 bits per heavy atom. The summed E-state index contributed by atoms with van der Waals surface area (Å²) in [4.78, 5) is 15.5. The summed E-state index contributed by atoms with van der Waals surface area (Å²) in [5.41, 5.74) is 2.51. The molecule has 1 aromatic heterocycles. The Labute approximate surface area is 202 Å². The number of nitrogens with zero attached hydrogens (tertiary/aromatic N) is 3. The summed E-state index contributed by atoms with van der Waals surface area (Å²) >= 11 is 6.25. The van der Waals surface area contributed by atoms with Gasteiger partial charge in [-0.05, 0) is 36.4 Å². The van der Waals surface area contributed by atoms with Crippen LogP contribution in [0.25, 0.3) is 16.9 Å². The minimum Gasteiger partial charge on any atom is -0.497 e. The predicted octanol–water partition coefficient (Wildman–Crippen LogP) is 4.19. The number of methoxy groups -OCH3 is 2. The van der Waals surface area contributed by atoms with E-state index in [1.54, 1.807) is 43.2 Å². The summed E-state index contributed by atoms with van der Waals surface area (Å²) in [6, 6.07) is 14.6. The van der Waals surface area contributed by atoms with E-state index >= 15 is 0 Å². The van der Waals surface area contributed by atoms with Crippen molar-refractivity contribution in [1.82, 2.24) is 14.7 Å². The summed E-state index contributed by atoms with van der Waals surface area (Å²) in [6.45, 7) is 2.28. The molecule has 0 unspecified atom stereocenters. The van der Waals surface area contributed by atoms with Crippen LogP contribution >= 0.6 is 11.6 Å². The minimum atomic E-state index is -0.550. The summed E-state index contributed by atoms with van der Waals surface area (Å²) < 4.78 is 24.1. The SMILES string of the molecule is COc1ccc(-c2cc(C(=O)N3CCC4(CC3)OCCO4)n(-c3cccc(Cl)c3)n2)c(OC)c1. The maximum absolute atomic E-state index is 13.7. The van der Waals surface area contributed by atoms with Gasteiger partial charge in [0.15, 0.2) is 5.79 Å². The highest BCUT2D eigenvalue weighted by atomic mass is 35.5. The molecule has 3 aromatic rings. The molecule has 2 fully saturated rings. The van der Waals surface area contributed by atoms with E-state index < -0.39 is 5.79 Å². The first-order valence-electron chi connectivity index (χ1n) is 11.2. The van der Waals surface area contributed by atoms with Crippen LogP contribution in [0.2, 0.25) is 5.02 Å². The molecule has 0 bridgehead atoms. The molecule has 5 rings (SSSR count). The number of piperidine rings is 1. The highest BCUT2D eigenvalue weighted by Crippen LogP contribution is 2.35. The van der Waals surface area contributed by atoms with Crippen molar-refractivity contribution >= 4 is 17.5 Å². The number of amides is 1. The number of benzene rings is 2. The largest absolute Gasteiger partial charge is 0.497 e. The summed E-state index contributed by atoms with van der Waals surface area (Å²) in [6.07, 6.45) is 1.28. The molecule has 2 saturated heterocycles. The van der Waals surface area contributed by atoms with E-state index in [2.05, 4.69) is 0 Å². The third-order valence-corrected chi connectivity index (χ3v) is 6.53. The van der Waals surface area contributed by atoms with Gasteiger partial charge in [0.05, 0.1) is 38.8 Å². The number of hydrogen-bond donors (Lipinski definition) is 0. The van der Waals surface area contributed by atoms with Crippen LogP contribution in [0.5, 0.6) is 11.5 Å². The van der Waals surface area contributed by atoms with Crippen molar-refractivity contribution in [2.75, 3.05) is 40.5 Å². The first-order chi connectivity index (χ1) is 16.5. The number of likely N-dealkylation sites (tertiary alicyclic amines) is 1. The Balaban J connectivity index is 1.52. The Kier molecular flexibility index (Phi) is 6.20. The second kappa shape index (κ2) is 9.29.